The molecule has 1 aliphatic heterocycles. The lowest BCUT2D eigenvalue weighted by Crippen LogP contribution is -2.38. The van der Waals surface area contributed by atoms with Crippen molar-refractivity contribution >= 4 is 17.7 Å². The molecule has 3 rings (SSSR count). The molecule has 2 fully saturated rings. The van der Waals surface area contributed by atoms with E-state index in [1.54, 1.807) is 24.3 Å². The molecule has 24 heavy (non-hydrogen) atoms. The summed E-state index contributed by atoms with van der Waals surface area (Å²) < 4.78 is 0. The van der Waals surface area contributed by atoms with Crippen molar-refractivity contribution in [1.29, 1.82) is 0 Å². The Balaban J connectivity index is 1.35. The number of amides is 3. The fourth-order valence-electron chi connectivity index (χ4n) is 2.93. The fraction of sp³-hybridized carbons (Fsp3) is 0.500. The third kappa shape index (κ3) is 4.34. The molecule has 1 heterocycles. The standard InChI is InChI=1S/C18H23N3O3/c22-16-10-15(12-21(16)11-13-6-7-13)18(24)20-9-8-19-17(23)14-4-2-1-3-5-14/h1-5,13,15H,6-12H2,(H,19,23)(H,20,24). The summed E-state index contributed by atoms with van der Waals surface area (Å²) in [6, 6.07) is 8.95. The van der Waals surface area contributed by atoms with Gasteiger partial charge in [-0.2, -0.15) is 0 Å². The lowest BCUT2D eigenvalue weighted by Gasteiger charge is -2.16. The Morgan fingerprint density at radius 1 is 1.08 bits per heavy atom. The lowest BCUT2D eigenvalue weighted by atomic mass is 10.1. The fourth-order valence-corrected chi connectivity index (χ4v) is 2.93. The molecule has 1 saturated heterocycles. The van der Waals surface area contributed by atoms with Crippen LogP contribution in [0.5, 0.6) is 0 Å². The van der Waals surface area contributed by atoms with Gasteiger partial charge in [-0.25, -0.2) is 0 Å². The molecular formula is C18H23N3O3. The summed E-state index contributed by atoms with van der Waals surface area (Å²) in [4.78, 5) is 37.8. The first kappa shape index (κ1) is 16.5. The number of hydrogen-bond donors (Lipinski definition) is 2. The smallest absolute Gasteiger partial charge is 0.251 e. The maximum atomic E-state index is 12.1. The van der Waals surface area contributed by atoms with E-state index in [0.29, 0.717) is 37.5 Å². The van der Waals surface area contributed by atoms with Crippen molar-refractivity contribution in [2.75, 3.05) is 26.2 Å². The first-order valence-electron chi connectivity index (χ1n) is 8.52. The average molecular weight is 329 g/mol. The van der Waals surface area contributed by atoms with Crippen LogP contribution in [0.15, 0.2) is 30.3 Å². The zero-order chi connectivity index (χ0) is 16.9. The van der Waals surface area contributed by atoms with Crippen LogP contribution in [0, 0.1) is 11.8 Å². The van der Waals surface area contributed by atoms with Crippen LogP contribution in [0.25, 0.3) is 0 Å². The van der Waals surface area contributed by atoms with Gasteiger partial charge in [0.2, 0.25) is 11.8 Å². The summed E-state index contributed by atoms with van der Waals surface area (Å²) >= 11 is 0. The number of likely N-dealkylation sites (tertiary alicyclic amines) is 1. The Bertz CT molecular complexity index is 613. The Kier molecular flexibility index (Phi) is 5.13. The number of nitrogens with one attached hydrogen (secondary N) is 2. The van der Waals surface area contributed by atoms with Crippen molar-refractivity contribution < 1.29 is 14.4 Å². The zero-order valence-electron chi connectivity index (χ0n) is 13.7. The van der Waals surface area contributed by atoms with Crippen molar-refractivity contribution in [1.82, 2.24) is 15.5 Å². The van der Waals surface area contributed by atoms with E-state index in [4.69, 9.17) is 0 Å². The highest BCUT2D eigenvalue weighted by molar-refractivity contribution is 5.94. The van der Waals surface area contributed by atoms with Gasteiger partial charge >= 0.3 is 0 Å². The Morgan fingerprint density at radius 2 is 1.79 bits per heavy atom. The van der Waals surface area contributed by atoms with Crippen LogP contribution in [-0.4, -0.2) is 48.8 Å². The van der Waals surface area contributed by atoms with E-state index >= 15 is 0 Å². The lowest BCUT2D eigenvalue weighted by molar-refractivity contribution is -0.129. The van der Waals surface area contributed by atoms with Gasteiger partial charge in [-0.15, -0.1) is 0 Å². The van der Waals surface area contributed by atoms with E-state index < -0.39 is 0 Å². The van der Waals surface area contributed by atoms with Gasteiger partial charge in [-0.05, 0) is 30.9 Å². The molecular weight excluding hydrogens is 306 g/mol. The first-order valence-corrected chi connectivity index (χ1v) is 8.52. The molecule has 128 valence electrons. The van der Waals surface area contributed by atoms with Crippen LogP contribution >= 0.6 is 0 Å². The van der Waals surface area contributed by atoms with Crippen molar-refractivity contribution in [2.24, 2.45) is 11.8 Å². The minimum atomic E-state index is -0.263. The van der Waals surface area contributed by atoms with Crippen LogP contribution < -0.4 is 10.6 Å². The highest BCUT2D eigenvalue weighted by atomic mass is 16.2. The second-order valence-electron chi connectivity index (χ2n) is 6.56. The largest absolute Gasteiger partial charge is 0.354 e. The maximum absolute atomic E-state index is 12.1. The number of carbonyl (C=O) groups excluding carboxylic acids is 3. The zero-order valence-corrected chi connectivity index (χ0v) is 13.7. The molecule has 2 N–H and O–H groups in total. The normalized spacial score (nSPS) is 20.1. The first-order chi connectivity index (χ1) is 11.6. The molecule has 0 aromatic heterocycles. The van der Waals surface area contributed by atoms with Gasteiger partial charge in [0.15, 0.2) is 0 Å². The summed E-state index contributed by atoms with van der Waals surface area (Å²) in [6.45, 7) is 2.06. The average Bonchev–Trinajstić information content (AvgIpc) is 3.34. The van der Waals surface area contributed by atoms with Crippen LogP contribution in [0.2, 0.25) is 0 Å². The molecule has 1 saturated carbocycles. The van der Waals surface area contributed by atoms with Crippen molar-refractivity contribution in [3.63, 3.8) is 0 Å². The molecule has 2 aliphatic rings. The second kappa shape index (κ2) is 7.47. The highest BCUT2D eigenvalue weighted by Crippen LogP contribution is 2.31. The summed E-state index contributed by atoms with van der Waals surface area (Å²) in [5.74, 6) is 0.205. The van der Waals surface area contributed by atoms with E-state index in [1.165, 1.54) is 12.8 Å². The molecule has 1 aromatic carbocycles. The Labute approximate surface area is 141 Å². The quantitative estimate of drug-likeness (QED) is 0.726. The van der Waals surface area contributed by atoms with Gasteiger partial charge in [0.25, 0.3) is 5.91 Å². The predicted molar refractivity (Wildman–Crippen MR) is 89.2 cm³/mol. The molecule has 3 amide bonds. The van der Waals surface area contributed by atoms with Gasteiger partial charge < -0.3 is 15.5 Å². The van der Waals surface area contributed by atoms with E-state index in [0.717, 1.165) is 6.54 Å². The number of benzene rings is 1. The number of rotatable bonds is 7. The topological polar surface area (TPSA) is 78.5 Å². The van der Waals surface area contributed by atoms with Crippen LogP contribution in [0.3, 0.4) is 0 Å². The monoisotopic (exact) mass is 329 g/mol. The summed E-state index contributed by atoms with van der Waals surface area (Å²) in [5.41, 5.74) is 0.598. The predicted octanol–water partition coefficient (Wildman–Crippen LogP) is 0.791. The van der Waals surface area contributed by atoms with E-state index in [9.17, 15) is 14.4 Å². The summed E-state index contributed by atoms with van der Waals surface area (Å²) in [6.07, 6.45) is 2.69. The number of carbonyl (C=O) groups is 3. The minimum Gasteiger partial charge on any atom is -0.354 e. The van der Waals surface area contributed by atoms with Crippen LogP contribution in [0.1, 0.15) is 29.6 Å². The summed E-state index contributed by atoms with van der Waals surface area (Å²) in [7, 11) is 0. The van der Waals surface area contributed by atoms with Gasteiger partial charge in [-0.1, -0.05) is 18.2 Å². The van der Waals surface area contributed by atoms with Gasteiger partial charge in [0.1, 0.15) is 0 Å². The van der Waals surface area contributed by atoms with E-state index in [-0.39, 0.29) is 23.6 Å². The van der Waals surface area contributed by atoms with E-state index in [1.807, 2.05) is 11.0 Å². The van der Waals surface area contributed by atoms with Gasteiger partial charge in [-0.3, -0.25) is 14.4 Å². The van der Waals surface area contributed by atoms with Crippen LogP contribution in [-0.2, 0) is 9.59 Å². The van der Waals surface area contributed by atoms with E-state index in [2.05, 4.69) is 10.6 Å². The SMILES string of the molecule is O=C(NCCNC(=O)C1CC(=O)N(CC2CC2)C1)c1ccccc1. The van der Waals surface area contributed by atoms with Gasteiger partial charge in [0.05, 0.1) is 5.92 Å². The number of hydrogen-bond acceptors (Lipinski definition) is 3. The molecule has 1 aromatic rings. The van der Waals surface area contributed by atoms with Gasteiger partial charge in [0, 0.05) is 38.2 Å². The number of nitrogens with zero attached hydrogens (tertiary/aromatic N) is 1. The van der Waals surface area contributed by atoms with Crippen molar-refractivity contribution in [2.45, 2.75) is 19.3 Å². The molecule has 1 atom stereocenters. The molecule has 0 bridgehead atoms. The van der Waals surface area contributed by atoms with Crippen molar-refractivity contribution in [3.05, 3.63) is 35.9 Å². The highest BCUT2D eigenvalue weighted by Gasteiger charge is 2.36. The van der Waals surface area contributed by atoms with Crippen molar-refractivity contribution in [3.8, 4) is 0 Å². The molecule has 1 unspecified atom stereocenters. The molecule has 0 radical (unpaired) electrons. The third-order valence-electron chi connectivity index (χ3n) is 4.51. The Morgan fingerprint density at radius 3 is 2.50 bits per heavy atom. The summed E-state index contributed by atoms with van der Waals surface area (Å²) in [5, 5.41) is 5.57. The Hall–Kier alpha value is -2.37. The minimum absolute atomic E-state index is 0.0828. The molecule has 6 nitrogen and oxygen atoms in total. The molecule has 0 spiro atoms. The molecule has 1 aliphatic carbocycles. The third-order valence-corrected chi connectivity index (χ3v) is 4.51. The maximum Gasteiger partial charge on any atom is 0.251 e. The van der Waals surface area contributed by atoms with Crippen LogP contribution in [0.4, 0.5) is 0 Å². The second-order valence-corrected chi connectivity index (χ2v) is 6.56. The molecule has 6 heteroatoms.